The lowest BCUT2D eigenvalue weighted by atomic mass is 10.0. The summed E-state index contributed by atoms with van der Waals surface area (Å²) >= 11 is 0. The molecule has 1 aromatic heterocycles. The number of esters is 1. The van der Waals surface area contributed by atoms with Gasteiger partial charge in [0.2, 0.25) is 0 Å². The highest BCUT2D eigenvalue weighted by Crippen LogP contribution is 2.26. The van der Waals surface area contributed by atoms with Gasteiger partial charge < -0.3 is 15.2 Å². The number of aromatic nitrogens is 1. The molecule has 1 amide bonds. The number of pyridine rings is 1. The fourth-order valence-corrected chi connectivity index (χ4v) is 5.38. The van der Waals surface area contributed by atoms with Crippen molar-refractivity contribution in [3.8, 4) is 5.69 Å². The third-order valence-corrected chi connectivity index (χ3v) is 7.58. The van der Waals surface area contributed by atoms with Gasteiger partial charge in [-0.25, -0.2) is 14.0 Å². The number of benzene rings is 2. The van der Waals surface area contributed by atoms with Crippen LogP contribution in [0.2, 0.25) is 0 Å². The summed E-state index contributed by atoms with van der Waals surface area (Å²) in [7, 11) is 0. The first-order valence-electron chi connectivity index (χ1n) is 15.3. The van der Waals surface area contributed by atoms with E-state index >= 15 is 0 Å². The van der Waals surface area contributed by atoms with Gasteiger partial charge in [0.15, 0.2) is 5.78 Å². The summed E-state index contributed by atoms with van der Waals surface area (Å²) in [6.07, 6.45) is 3.25. The molecule has 0 aliphatic heterocycles. The van der Waals surface area contributed by atoms with Crippen LogP contribution >= 0.6 is 0 Å². The quantitative estimate of drug-likeness (QED) is 0.205. The van der Waals surface area contributed by atoms with E-state index in [-0.39, 0.29) is 35.5 Å². The number of hydrogen-bond acceptors (Lipinski definition) is 7. The number of nitrogens with two attached hydrogens (primary N) is 1. The number of amides is 1. The molecule has 1 aliphatic rings. The predicted molar refractivity (Wildman–Crippen MR) is 170 cm³/mol. The number of ether oxygens (including phenoxy) is 2. The summed E-state index contributed by atoms with van der Waals surface area (Å²) in [5.41, 5.74) is 6.51. The van der Waals surface area contributed by atoms with Crippen LogP contribution in [0.3, 0.4) is 0 Å². The van der Waals surface area contributed by atoms with Crippen molar-refractivity contribution in [1.29, 1.82) is 0 Å². The molecule has 9 nitrogen and oxygen atoms in total. The molecule has 1 aliphatic carbocycles. The molecule has 1 saturated carbocycles. The van der Waals surface area contributed by atoms with Crippen molar-refractivity contribution in [3.63, 3.8) is 0 Å². The first kappa shape index (κ1) is 33.4. The molecular formula is C35H42FN3O6. The van der Waals surface area contributed by atoms with Crippen LogP contribution in [0.1, 0.15) is 88.2 Å². The number of halogens is 1. The third kappa shape index (κ3) is 8.59. The van der Waals surface area contributed by atoms with Crippen molar-refractivity contribution in [2.24, 2.45) is 5.92 Å². The Morgan fingerprint density at radius 1 is 0.978 bits per heavy atom. The first-order chi connectivity index (χ1) is 21.2. The van der Waals surface area contributed by atoms with Crippen molar-refractivity contribution in [2.75, 3.05) is 5.73 Å². The molecule has 2 aromatic carbocycles. The Morgan fingerprint density at radius 2 is 1.60 bits per heavy atom. The zero-order valence-electron chi connectivity index (χ0n) is 26.5. The second-order valence-corrected chi connectivity index (χ2v) is 12.9. The zero-order chi connectivity index (χ0) is 32.9. The van der Waals surface area contributed by atoms with Gasteiger partial charge in [0.05, 0.1) is 11.3 Å². The van der Waals surface area contributed by atoms with E-state index in [0.717, 1.165) is 25.7 Å². The molecule has 10 heteroatoms. The van der Waals surface area contributed by atoms with Crippen molar-refractivity contribution >= 4 is 23.7 Å². The zero-order valence-corrected chi connectivity index (χ0v) is 26.5. The average Bonchev–Trinajstić information content (AvgIpc) is 3.48. The fraction of sp³-hybridized carbons (Fsp3) is 0.429. The van der Waals surface area contributed by atoms with Gasteiger partial charge in [-0.2, -0.15) is 0 Å². The Kier molecular flexibility index (Phi) is 10.5. The van der Waals surface area contributed by atoms with Crippen LogP contribution in [0, 0.1) is 11.7 Å². The van der Waals surface area contributed by atoms with Gasteiger partial charge in [0, 0.05) is 18.2 Å². The number of anilines is 1. The van der Waals surface area contributed by atoms with Crippen LogP contribution in [0.15, 0.2) is 65.5 Å². The molecule has 1 fully saturated rings. The fourth-order valence-electron chi connectivity index (χ4n) is 5.38. The molecule has 0 spiro atoms. The number of hydrogen-bond donors (Lipinski definition) is 1. The molecule has 1 atom stereocenters. The van der Waals surface area contributed by atoms with E-state index in [4.69, 9.17) is 15.2 Å². The minimum absolute atomic E-state index is 0.0554. The Morgan fingerprint density at radius 3 is 2.18 bits per heavy atom. The second-order valence-electron chi connectivity index (χ2n) is 12.9. The molecule has 45 heavy (non-hydrogen) atoms. The molecule has 0 unspecified atom stereocenters. The highest BCUT2D eigenvalue weighted by molar-refractivity contribution is 6.11. The molecule has 1 heterocycles. The van der Waals surface area contributed by atoms with E-state index in [1.807, 2.05) is 13.8 Å². The Hall–Kier alpha value is -4.47. The van der Waals surface area contributed by atoms with Gasteiger partial charge >= 0.3 is 12.1 Å². The largest absolute Gasteiger partial charge is 0.461 e. The minimum Gasteiger partial charge on any atom is -0.461 e. The molecule has 0 saturated heterocycles. The van der Waals surface area contributed by atoms with E-state index in [2.05, 4.69) is 0 Å². The summed E-state index contributed by atoms with van der Waals surface area (Å²) in [6.45, 7) is 9.32. The van der Waals surface area contributed by atoms with Crippen LogP contribution in [-0.2, 0) is 20.8 Å². The normalized spacial score (nSPS) is 14.3. The molecule has 3 aromatic rings. The summed E-state index contributed by atoms with van der Waals surface area (Å²) < 4.78 is 26.2. The monoisotopic (exact) mass is 619 g/mol. The van der Waals surface area contributed by atoms with Crippen molar-refractivity contribution in [3.05, 3.63) is 93.5 Å². The minimum atomic E-state index is -0.854. The topological polar surface area (TPSA) is 121 Å². The molecule has 0 bridgehead atoms. The van der Waals surface area contributed by atoms with Crippen LogP contribution in [0.25, 0.3) is 5.69 Å². The molecule has 2 N–H and O–H groups in total. The Balaban J connectivity index is 1.64. The lowest BCUT2D eigenvalue weighted by molar-refractivity contribution is -0.156. The molecule has 4 rings (SSSR count). The number of carbonyl (C=O) groups excluding carboxylic acids is 3. The van der Waals surface area contributed by atoms with Gasteiger partial charge in [-0.3, -0.25) is 19.1 Å². The van der Waals surface area contributed by atoms with Gasteiger partial charge in [0.1, 0.15) is 29.4 Å². The summed E-state index contributed by atoms with van der Waals surface area (Å²) in [4.78, 5) is 54.4. The number of carbonyl (C=O) groups is 3. The Labute approximate surface area is 263 Å². The first-order valence-corrected chi connectivity index (χ1v) is 15.3. The van der Waals surface area contributed by atoms with Crippen LogP contribution in [-0.4, -0.2) is 45.1 Å². The number of rotatable bonds is 10. The lowest BCUT2D eigenvalue weighted by Crippen LogP contribution is -2.48. The summed E-state index contributed by atoms with van der Waals surface area (Å²) in [5, 5.41) is 0. The maximum absolute atomic E-state index is 13.5. The smallest absolute Gasteiger partial charge is 0.411 e. The van der Waals surface area contributed by atoms with E-state index in [1.165, 1.54) is 45.9 Å². The highest BCUT2D eigenvalue weighted by Gasteiger charge is 2.36. The van der Waals surface area contributed by atoms with Crippen LogP contribution in [0.5, 0.6) is 0 Å². The number of nitrogen functional groups attached to an aromatic ring is 1. The van der Waals surface area contributed by atoms with Crippen LogP contribution < -0.4 is 11.3 Å². The van der Waals surface area contributed by atoms with Gasteiger partial charge in [0.25, 0.3) is 5.56 Å². The van der Waals surface area contributed by atoms with E-state index in [1.54, 1.807) is 45.0 Å². The van der Waals surface area contributed by atoms with E-state index in [9.17, 15) is 23.6 Å². The third-order valence-electron chi connectivity index (χ3n) is 7.58. The van der Waals surface area contributed by atoms with E-state index in [0.29, 0.717) is 17.7 Å². The summed E-state index contributed by atoms with van der Waals surface area (Å²) in [6, 6.07) is 13.6. The van der Waals surface area contributed by atoms with Crippen LogP contribution in [0.4, 0.5) is 15.0 Å². The second kappa shape index (κ2) is 14.1. The summed E-state index contributed by atoms with van der Waals surface area (Å²) in [5.74, 6) is -1.34. The average molecular weight is 620 g/mol. The predicted octanol–water partition coefficient (Wildman–Crippen LogP) is 6.43. The molecule has 240 valence electrons. The van der Waals surface area contributed by atoms with Crippen molar-refractivity contribution < 1.29 is 28.2 Å². The standard InChI is InChI=1S/C35H42FN3O6/c1-22(2)20-29(33(42)44-27-8-6-7-9-27)38(34(43)45-35(3,4)5)21-23-10-16-26(17-11-23)39-30(40)19-18-28(32(39)37)31(41)24-12-14-25(36)15-13-24/h10-19,22,27,29H,6-9,20-21,37H2,1-5H3/t29-/m0/s1. The Bertz CT molecular complexity index is 1570. The van der Waals surface area contributed by atoms with Crippen molar-refractivity contribution in [2.45, 2.75) is 91.0 Å². The molecule has 0 radical (unpaired) electrons. The SMILES string of the molecule is CC(C)C[C@@H](C(=O)OC1CCCC1)N(Cc1ccc(-n2c(N)c(C(=O)c3ccc(F)cc3)ccc2=O)cc1)C(=O)OC(C)(C)C. The number of ketones is 1. The van der Waals surface area contributed by atoms with Gasteiger partial charge in [-0.05, 0) is 107 Å². The van der Waals surface area contributed by atoms with Gasteiger partial charge in [-0.1, -0.05) is 26.0 Å². The van der Waals surface area contributed by atoms with Gasteiger partial charge in [-0.15, -0.1) is 0 Å². The highest BCUT2D eigenvalue weighted by atomic mass is 19.1. The molecular weight excluding hydrogens is 577 g/mol. The lowest BCUT2D eigenvalue weighted by Gasteiger charge is -2.34. The van der Waals surface area contributed by atoms with Crippen molar-refractivity contribution in [1.82, 2.24) is 9.47 Å². The number of nitrogens with zero attached hydrogens (tertiary/aromatic N) is 2. The maximum atomic E-state index is 13.5. The van der Waals surface area contributed by atoms with E-state index < -0.39 is 40.9 Å². The maximum Gasteiger partial charge on any atom is 0.411 e.